The molecule has 0 aliphatic rings. The van der Waals surface area contributed by atoms with E-state index in [2.05, 4.69) is 172 Å². The first kappa shape index (κ1) is 77.5. The second kappa shape index (κ2) is 70.8. The van der Waals surface area contributed by atoms with Crippen molar-refractivity contribution in [1.29, 1.82) is 0 Å². The standard InChI is InChI=1S/C77H126O5/c1-3-5-7-9-11-13-15-17-19-21-23-25-27-29-31-33-35-36-37-38-39-40-42-43-45-47-49-51-53-55-57-59-61-63-65-67-69-71-76(79)81-74-75(73-78)82-77(80)72-70-68-66-64-62-60-58-56-54-52-50-48-46-44-41-34-32-30-28-26-24-22-20-18-16-14-12-10-8-6-4-2/h5-8,11-14,17-20,23-26,30,32,41,44,48,50,54,56,60,62,75,78H,3-4,9-10,15-16,21-22,27-29,31,33-40,42-43,45-47,49,51-53,55,57-59,61,63-74H2,1-2H3/b7-5-,8-6-,13-11-,14-12-,19-17-,20-18-,25-23-,26-24-,32-30-,44-41-,50-48-,56-54-,62-60-. The fourth-order valence-electron chi connectivity index (χ4n) is 9.31. The van der Waals surface area contributed by atoms with Crippen LogP contribution in [-0.2, 0) is 19.1 Å². The Morgan fingerprint density at radius 1 is 0.280 bits per heavy atom. The van der Waals surface area contributed by atoms with E-state index >= 15 is 0 Å². The molecule has 0 aliphatic heterocycles. The third-order valence-electron chi connectivity index (χ3n) is 14.3. The maximum Gasteiger partial charge on any atom is 0.306 e. The lowest BCUT2D eigenvalue weighted by atomic mass is 10.0. The summed E-state index contributed by atoms with van der Waals surface area (Å²) in [7, 11) is 0. The Hall–Kier alpha value is -4.48. The SMILES string of the molecule is CC/C=C\C/C=C\C/C=C\C/C=C\C/C=C\C/C=C\C/C=C\C/C=C\C/C=C\CCCCCC(=O)OC(CO)COC(=O)CCCCCCCCCCCCCCCCCCCCCCCCCC/C=C\C/C=C\C/C=C\C/C=C\CC. The van der Waals surface area contributed by atoms with Crippen molar-refractivity contribution in [2.75, 3.05) is 13.2 Å². The molecule has 82 heavy (non-hydrogen) atoms. The molecule has 0 aromatic rings. The number of carbonyl (C=O) groups excluding carboxylic acids is 2. The van der Waals surface area contributed by atoms with Gasteiger partial charge in [0.05, 0.1) is 6.61 Å². The van der Waals surface area contributed by atoms with Crippen molar-refractivity contribution in [3.63, 3.8) is 0 Å². The summed E-state index contributed by atoms with van der Waals surface area (Å²) in [6.07, 6.45) is 108. The van der Waals surface area contributed by atoms with Crippen molar-refractivity contribution in [3.05, 3.63) is 158 Å². The molecule has 1 N–H and O–H groups in total. The van der Waals surface area contributed by atoms with E-state index in [1.54, 1.807) is 0 Å². The molecule has 0 heterocycles. The van der Waals surface area contributed by atoms with Gasteiger partial charge in [0.1, 0.15) is 6.61 Å². The van der Waals surface area contributed by atoms with Crippen molar-refractivity contribution < 1.29 is 24.2 Å². The zero-order chi connectivity index (χ0) is 59.1. The predicted octanol–water partition coefficient (Wildman–Crippen LogP) is 23.9. The second-order valence-electron chi connectivity index (χ2n) is 22.1. The van der Waals surface area contributed by atoms with Crippen LogP contribution in [0, 0.1) is 0 Å². The lowest BCUT2D eigenvalue weighted by Crippen LogP contribution is -2.28. The van der Waals surface area contributed by atoms with Gasteiger partial charge in [-0.25, -0.2) is 0 Å². The van der Waals surface area contributed by atoms with E-state index in [-0.39, 0.29) is 25.2 Å². The molecule has 464 valence electrons. The molecule has 1 atom stereocenters. The number of carbonyl (C=O) groups is 2. The fourth-order valence-corrected chi connectivity index (χ4v) is 9.31. The molecule has 0 saturated carbocycles. The van der Waals surface area contributed by atoms with Crippen LogP contribution < -0.4 is 0 Å². The van der Waals surface area contributed by atoms with Crippen molar-refractivity contribution in [1.82, 2.24) is 0 Å². The number of rotatable bonds is 61. The lowest BCUT2D eigenvalue weighted by Gasteiger charge is -2.15. The maximum atomic E-state index is 12.3. The summed E-state index contributed by atoms with van der Waals surface area (Å²) < 4.78 is 10.7. The van der Waals surface area contributed by atoms with Gasteiger partial charge in [-0.2, -0.15) is 0 Å². The highest BCUT2D eigenvalue weighted by Gasteiger charge is 2.16. The van der Waals surface area contributed by atoms with Crippen LogP contribution in [0.25, 0.3) is 0 Å². The average molecular weight is 1130 g/mol. The first-order valence-corrected chi connectivity index (χ1v) is 34.0. The van der Waals surface area contributed by atoms with E-state index < -0.39 is 6.10 Å². The molecule has 0 aromatic heterocycles. The molecule has 0 aliphatic carbocycles. The van der Waals surface area contributed by atoms with Gasteiger partial charge in [0.25, 0.3) is 0 Å². The molecular formula is C77H126O5. The summed E-state index contributed by atoms with van der Waals surface area (Å²) in [5.41, 5.74) is 0. The molecule has 0 fully saturated rings. The van der Waals surface area contributed by atoms with E-state index in [9.17, 15) is 14.7 Å². The van der Waals surface area contributed by atoms with Gasteiger partial charge in [0.15, 0.2) is 6.10 Å². The smallest absolute Gasteiger partial charge is 0.306 e. The Bertz CT molecular complexity index is 1760. The average Bonchev–Trinajstić information content (AvgIpc) is 3.49. The Morgan fingerprint density at radius 2 is 0.488 bits per heavy atom. The maximum absolute atomic E-state index is 12.3. The molecule has 0 saturated heterocycles. The molecule has 0 amide bonds. The van der Waals surface area contributed by atoms with Gasteiger partial charge in [-0.3, -0.25) is 9.59 Å². The molecule has 5 heteroatoms. The number of esters is 2. The number of aliphatic hydroxyl groups excluding tert-OH is 1. The topological polar surface area (TPSA) is 72.8 Å². The van der Waals surface area contributed by atoms with Gasteiger partial charge >= 0.3 is 11.9 Å². The molecule has 0 radical (unpaired) electrons. The van der Waals surface area contributed by atoms with E-state index in [1.807, 2.05) is 0 Å². The summed E-state index contributed by atoms with van der Waals surface area (Å²) >= 11 is 0. The lowest BCUT2D eigenvalue weighted by molar-refractivity contribution is -0.161. The first-order valence-electron chi connectivity index (χ1n) is 34.0. The monoisotopic (exact) mass is 1130 g/mol. The fraction of sp³-hybridized carbons (Fsp3) is 0.636. The van der Waals surface area contributed by atoms with Crippen molar-refractivity contribution in [2.24, 2.45) is 0 Å². The van der Waals surface area contributed by atoms with Crippen LogP contribution in [0.5, 0.6) is 0 Å². The molecule has 5 nitrogen and oxygen atoms in total. The van der Waals surface area contributed by atoms with Crippen LogP contribution in [0.2, 0.25) is 0 Å². The molecular weight excluding hydrogens is 1000 g/mol. The number of unbranched alkanes of at least 4 members (excludes halogenated alkanes) is 27. The molecule has 0 bridgehead atoms. The van der Waals surface area contributed by atoms with Gasteiger partial charge in [0, 0.05) is 12.8 Å². The molecule has 1 unspecified atom stereocenters. The van der Waals surface area contributed by atoms with Gasteiger partial charge in [-0.1, -0.05) is 320 Å². The highest BCUT2D eigenvalue weighted by Crippen LogP contribution is 2.17. The summed E-state index contributed by atoms with van der Waals surface area (Å²) in [6, 6.07) is 0. The number of hydrogen-bond donors (Lipinski definition) is 1. The highest BCUT2D eigenvalue weighted by molar-refractivity contribution is 5.70. The van der Waals surface area contributed by atoms with Crippen LogP contribution in [0.1, 0.15) is 296 Å². The zero-order valence-corrected chi connectivity index (χ0v) is 53.2. The first-order chi connectivity index (χ1) is 40.6. The zero-order valence-electron chi connectivity index (χ0n) is 53.2. The van der Waals surface area contributed by atoms with E-state index in [0.717, 1.165) is 128 Å². The van der Waals surface area contributed by atoms with Gasteiger partial charge < -0.3 is 14.6 Å². The molecule has 0 rings (SSSR count). The number of allylic oxidation sites excluding steroid dienone is 26. The third kappa shape index (κ3) is 68.0. The number of hydrogen-bond acceptors (Lipinski definition) is 5. The minimum atomic E-state index is -0.801. The quantitative estimate of drug-likeness (QED) is 0.0373. The summed E-state index contributed by atoms with van der Waals surface area (Å²) in [4.78, 5) is 24.6. The van der Waals surface area contributed by atoms with Crippen LogP contribution in [-0.4, -0.2) is 36.4 Å². The largest absolute Gasteiger partial charge is 0.462 e. The van der Waals surface area contributed by atoms with Crippen LogP contribution in [0.3, 0.4) is 0 Å². The van der Waals surface area contributed by atoms with Gasteiger partial charge in [0.2, 0.25) is 0 Å². The Kier molecular flexibility index (Phi) is 66.9. The Balaban J connectivity index is 3.53. The van der Waals surface area contributed by atoms with Crippen molar-refractivity contribution in [2.45, 2.75) is 302 Å². The Labute approximate surface area is 507 Å². The van der Waals surface area contributed by atoms with Crippen LogP contribution in [0.4, 0.5) is 0 Å². The minimum Gasteiger partial charge on any atom is -0.462 e. The normalized spacial score (nSPS) is 13.3. The van der Waals surface area contributed by atoms with Crippen molar-refractivity contribution >= 4 is 11.9 Å². The summed E-state index contributed by atoms with van der Waals surface area (Å²) in [5, 5.41) is 9.69. The van der Waals surface area contributed by atoms with E-state index in [4.69, 9.17) is 9.47 Å². The minimum absolute atomic E-state index is 0.0861. The number of aliphatic hydroxyl groups is 1. The molecule has 0 aromatic carbocycles. The van der Waals surface area contributed by atoms with Gasteiger partial charge in [-0.05, 0) is 122 Å². The van der Waals surface area contributed by atoms with Crippen molar-refractivity contribution in [3.8, 4) is 0 Å². The van der Waals surface area contributed by atoms with Crippen LogP contribution >= 0.6 is 0 Å². The number of ether oxygens (including phenoxy) is 2. The summed E-state index contributed by atoms with van der Waals surface area (Å²) in [5.74, 6) is -0.629. The van der Waals surface area contributed by atoms with Gasteiger partial charge in [-0.15, -0.1) is 0 Å². The predicted molar refractivity (Wildman–Crippen MR) is 361 cm³/mol. The van der Waals surface area contributed by atoms with Crippen LogP contribution in [0.15, 0.2) is 158 Å². The molecule has 0 spiro atoms. The Morgan fingerprint density at radius 3 is 0.744 bits per heavy atom. The van der Waals surface area contributed by atoms with E-state index in [1.165, 1.54) is 141 Å². The summed E-state index contributed by atoms with van der Waals surface area (Å²) in [6.45, 7) is 3.90. The third-order valence-corrected chi connectivity index (χ3v) is 14.3. The van der Waals surface area contributed by atoms with E-state index in [0.29, 0.717) is 12.8 Å². The highest BCUT2D eigenvalue weighted by atomic mass is 16.6. The second-order valence-corrected chi connectivity index (χ2v) is 22.1.